The average Bonchev–Trinajstić information content (AvgIpc) is 2.92. The van der Waals surface area contributed by atoms with E-state index in [4.69, 9.17) is 0 Å². The minimum Gasteiger partial charge on any atom is -0.351 e. The van der Waals surface area contributed by atoms with Crippen LogP contribution in [0.1, 0.15) is 58.9 Å². The van der Waals surface area contributed by atoms with Gasteiger partial charge in [0.1, 0.15) is 11.3 Å². The molecule has 2 heterocycles. The largest absolute Gasteiger partial charge is 0.390 e. The van der Waals surface area contributed by atoms with Crippen molar-refractivity contribution in [2.45, 2.75) is 76.7 Å². The number of anilines is 2. The van der Waals surface area contributed by atoms with Crippen LogP contribution in [0.25, 0.3) is 22.2 Å². The standard InChI is InChI=1S/C28H34F6N6O3S/c1-15(2)40-24-16(14-35-26(37-24)36-17-6-8-27(3,9-7-17)39(4)5)12-19(25(40)41)18-13-20(29)23(22(31)21(18)30)38-44(42,43)11-10-28(32,33)34/h12-15,17,38H,6-11H2,1-5H3,(H,35,36,37)/t17-,27+. The third kappa shape index (κ3) is 7.11. The van der Waals surface area contributed by atoms with Crippen molar-refractivity contribution < 1.29 is 34.8 Å². The van der Waals surface area contributed by atoms with Crippen LogP contribution in [-0.4, -0.2) is 65.5 Å². The van der Waals surface area contributed by atoms with Gasteiger partial charge in [0.25, 0.3) is 5.56 Å². The molecule has 0 unspecified atom stereocenters. The SMILES string of the molecule is CC(C)n1c(=O)c(-c2cc(F)c(NS(=O)(=O)CCC(F)(F)F)c(F)c2F)cc2cnc(N[C@H]3CC[C@@](C)(N(C)C)CC3)nc21. The summed E-state index contributed by atoms with van der Waals surface area (Å²) in [5, 5.41) is 3.58. The predicted molar refractivity (Wildman–Crippen MR) is 156 cm³/mol. The van der Waals surface area contributed by atoms with Crippen LogP contribution in [0.4, 0.5) is 38.0 Å². The lowest BCUT2D eigenvalue weighted by Crippen LogP contribution is -2.46. The molecule has 3 aromatic rings. The van der Waals surface area contributed by atoms with E-state index in [1.165, 1.54) is 21.6 Å². The Morgan fingerprint density at radius 1 is 1.09 bits per heavy atom. The first-order chi connectivity index (χ1) is 20.3. The Morgan fingerprint density at radius 2 is 1.73 bits per heavy atom. The monoisotopic (exact) mass is 648 g/mol. The van der Waals surface area contributed by atoms with E-state index in [9.17, 15) is 35.2 Å². The number of halogens is 6. The molecule has 1 fully saturated rings. The number of nitrogens with zero attached hydrogens (tertiary/aromatic N) is 4. The maximum absolute atomic E-state index is 15.3. The second-order valence-electron chi connectivity index (χ2n) is 11.8. The molecule has 0 radical (unpaired) electrons. The second-order valence-corrected chi connectivity index (χ2v) is 13.6. The Hall–Kier alpha value is -3.40. The average molecular weight is 649 g/mol. The molecule has 0 aliphatic heterocycles. The van der Waals surface area contributed by atoms with Gasteiger partial charge in [0.05, 0.1) is 17.7 Å². The van der Waals surface area contributed by atoms with Gasteiger partial charge in [-0.05, 0) is 72.7 Å². The summed E-state index contributed by atoms with van der Waals surface area (Å²) in [6.07, 6.45) is -1.58. The van der Waals surface area contributed by atoms with Crippen LogP contribution < -0.4 is 15.6 Å². The van der Waals surface area contributed by atoms with Crippen molar-refractivity contribution >= 4 is 32.7 Å². The zero-order valence-electron chi connectivity index (χ0n) is 24.8. The number of fused-ring (bicyclic) bond motifs is 1. The number of sulfonamides is 1. The van der Waals surface area contributed by atoms with Crippen LogP contribution in [0.15, 0.2) is 23.1 Å². The van der Waals surface area contributed by atoms with Gasteiger partial charge in [-0.15, -0.1) is 0 Å². The molecular formula is C28H34F6N6O3S. The van der Waals surface area contributed by atoms with Gasteiger partial charge in [0, 0.05) is 34.8 Å². The number of rotatable bonds is 9. The number of pyridine rings is 1. The summed E-state index contributed by atoms with van der Waals surface area (Å²) in [5.74, 6) is -6.66. The van der Waals surface area contributed by atoms with E-state index in [2.05, 4.69) is 27.1 Å². The molecule has 242 valence electrons. The normalized spacial score (nSPS) is 19.6. The quantitative estimate of drug-likeness (QED) is 0.222. The van der Waals surface area contributed by atoms with Crippen molar-refractivity contribution in [2.24, 2.45) is 0 Å². The third-order valence-electron chi connectivity index (χ3n) is 8.13. The van der Waals surface area contributed by atoms with Gasteiger partial charge in [-0.2, -0.15) is 18.2 Å². The number of benzene rings is 1. The van der Waals surface area contributed by atoms with Crippen molar-refractivity contribution in [3.05, 3.63) is 46.1 Å². The van der Waals surface area contributed by atoms with Crippen molar-refractivity contribution in [3.63, 3.8) is 0 Å². The van der Waals surface area contributed by atoms with E-state index in [1.807, 2.05) is 14.1 Å². The number of nitrogens with one attached hydrogen (secondary N) is 2. The molecule has 0 atom stereocenters. The summed E-state index contributed by atoms with van der Waals surface area (Å²) in [5.41, 5.74) is -3.30. The van der Waals surface area contributed by atoms with E-state index >= 15 is 4.39 Å². The van der Waals surface area contributed by atoms with Gasteiger partial charge in [-0.25, -0.2) is 26.6 Å². The fraction of sp³-hybridized carbons (Fsp3) is 0.536. The van der Waals surface area contributed by atoms with Gasteiger partial charge in [0.15, 0.2) is 17.5 Å². The molecule has 2 N–H and O–H groups in total. The first-order valence-corrected chi connectivity index (χ1v) is 15.6. The van der Waals surface area contributed by atoms with E-state index < -0.39 is 74.2 Å². The highest BCUT2D eigenvalue weighted by molar-refractivity contribution is 7.92. The molecule has 0 saturated heterocycles. The van der Waals surface area contributed by atoms with Crippen LogP contribution in [0, 0.1) is 17.5 Å². The topological polar surface area (TPSA) is 109 Å². The zero-order chi connectivity index (χ0) is 32.8. The number of alkyl halides is 3. The molecule has 44 heavy (non-hydrogen) atoms. The summed E-state index contributed by atoms with van der Waals surface area (Å²) >= 11 is 0. The molecule has 16 heteroatoms. The first kappa shape index (κ1) is 33.5. The highest BCUT2D eigenvalue weighted by Gasteiger charge is 2.34. The summed E-state index contributed by atoms with van der Waals surface area (Å²) < 4.78 is 109. The molecular weight excluding hydrogens is 614 g/mol. The van der Waals surface area contributed by atoms with E-state index in [0.717, 1.165) is 25.7 Å². The molecule has 0 spiro atoms. The molecule has 2 aromatic heterocycles. The van der Waals surface area contributed by atoms with Crippen LogP contribution in [0.5, 0.6) is 0 Å². The van der Waals surface area contributed by atoms with Crippen molar-refractivity contribution in [2.75, 3.05) is 29.9 Å². The van der Waals surface area contributed by atoms with Gasteiger partial charge >= 0.3 is 6.18 Å². The molecule has 1 aliphatic carbocycles. The highest BCUT2D eigenvalue weighted by atomic mass is 32.2. The maximum atomic E-state index is 15.3. The molecule has 9 nitrogen and oxygen atoms in total. The van der Waals surface area contributed by atoms with E-state index in [0.29, 0.717) is 6.07 Å². The molecule has 0 bridgehead atoms. The Balaban J connectivity index is 1.69. The van der Waals surface area contributed by atoms with Gasteiger partial charge in [-0.1, -0.05) is 0 Å². The lowest BCUT2D eigenvalue weighted by Gasteiger charge is -2.42. The summed E-state index contributed by atoms with van der Waals surface area (Å²) in [7, 11) is -0.797. The first-order valence-electron chi connectivity index (χ1n) is 13.9. The fourth-order valence-corrected chi connectivity index (χ4v) is 6.32. The Bertz CT molecular complexity index is 1720. The molecule has 0 amide bonds. The van der Waals surface area contributed by atoms with Gasteiger partial charge in [0.2, 0.25) is 16.0 Å². The number of hydrogen-bond donors (Lipinski definition) is 2. The van der Waals surface area contributed by atoms with Crippen LogP contribution in [0.3, 0.4) is 0 Å². The lowest BCUT2D eigenvalue weighted by molar-refractivity contribution is -0.129. The minimum atomic E-state index is -4.89. The van der Waals surface area contributed by atoms with Gasteiger partial charge in [-0.3, -0.25) is 14.1 Å². The van der Waals surface area contributed by atoms with Crippen molar-refractivity contribution in [1.82, 2.24) is 19.4 Å². The van der Waals surface area contributed by atoms with Gasteiger partial charge < -0.3 is 10.2 Å². The second kappa shape index (κ2) is 12.2. The number of aromatic nitrogens is 3. The van der Waals surface area contributed by atoms with E-state index in [-0.39, 0.29) is 28.6 Å². The van der Waals surface area contributed by atoms with Crippen LogP contribution in [-0.2, 0) is 10.0 Å². The Kier molecular flexibility index (Phi) is 9.27. The molecule has 1 aromatic carbocycles. The summed E-state index contributed by atoms with van der Waals surface area (Å²) in [6.45, 7) is 5.54. The van der Waals surface area contributed by atoms with E-state index in [1.54, 1.807) is 13.8 Å². The molecule has 1 aliphatic rings. The number of hydrogen-bond acceptors (Lipinski definition) is 7. The predicted octanol–water partition coefficient (Wildman–Crippen LogP) is 5.83. The van der Waals surface area contributed by atoms with Crippen molar-refractivity contribution in [3.8, 4) is 11.1 Å². The smallest absolute Gasteiger partial charge is 0.351 e. The molecule has 4 rings (SSSR count). The van der Waals surface area contributed by atoms with Crippen LogP contribution in [0.2, 0.25) is 0 Å². The minimum absolute atomic E-state index is 0.0841. The highest BCUT2D eigenvalue weighted by Crippen LogP contribution is 2.34. The Morgan fingerprint density at radius 3 is 2.30 bits per heavy atom. The lowest BCUT2D eigenvalue weighted by atomic mass is 9.80. The zero-order valence-corrected chi connectivity index (χ0v) is 25.6. The fourth-order valence-electron chi connectivity index (χ4n) is 5.22. The molecule has 1 saturated carbocycles. The summed E-state index contributed by atoms with van der Waals surface area (Å²) in [6, 6.07) is 1.16. The van der Waals surface area contributed by atoms with Crippen molar-refractivity contribution in [1.29, 1.82) is 0 Å². The Labute approximate surface area is 250 Å². The maximum Gasteiger partial charge on any atom is 0.390 e. The summed E-state index contributed by atoms with van der Waals surface area (Å²) in [4.78, 5) is 24.7. The third-order valence-corrected chi connectivity index (χ3v) is 9.38. The van der Waals surface area contributed by atoms with Crippen LogP contribution >= 0.6 is 0 Å².